The number of benzene rings is 2. The molecule has 4 rings (SSSR count). The highest BCUT2D eigenvalue weighted by molar-refractivity contribution is 5.90. The third kappa shape index (κ3) is 2.54. The first-order valence-corrected chi connectivity index (χ1v) is 7.60. The zero-order valence-corrected chi connectivity index (χ0v) is 12.5. The molecule has 0 fully saturated rings. The molecule has 1 aromatic heterocycles. The van der Waals surface area contributed by atoms with Crippen LogP contribution in [-0.2, 0) is 13.0 Å². The van der Waals surface area contributed by atoms with E-state index >= 15 is 0 Å². The number of para-hydroxylation sites is 1. The molecule has 0 saturated heterocycles. The molecular weight excluding hydrogens is 293 g/mol. The molecule has 0 radical (unpaired) electrons. The fourth-order valence-corrected chi connectivity index (χ4v) is 3.14. The van der Waals surface area contributed by atoms with Crippen molar-refractivity contribution < 1.29 is 9.18 Å². The topological polar surface area (TPSA) is 48.1 Å². The number of urea groups is 1. The smallest absolute Gasteiger partial charge is 0.322 e. The fourth-order valence-electron chi connectivity index (χ4n) is 3.14. The molecule has 0 saturated carbocycles. The van der Waals surface area contributed by atoms with Crippen molar-refractivity contribution in [2.75, 3.05) is 11.9 Å². The van der Waals surface area contributed by atoms with E-state index in [0.29, 0.717) is 18.8 Å². The van der Waals surface area contributed by atoms with Crippen LogP contribution in [0.15, 0.2) is 48.5 Å². The minimum absolute atomic E-state index is 0.208. The molecule has 23 heavy (non-hydrogen) atoms. The van der Waals surface area contributed by atoms with Gasteiger partial charge >= 0.3 is 6.03 Å². The lowest BCUT2D eigenvalue weighted by molar-refractivity contribution is 0.206. The fraction of sp³-hybridized carbons (Fsp3) is 0.167. The van der Waals surface area contributed by atoms with E-state index < -0.39 is 0 Å². The summed E-state index contributed by atoms with van der Waals surface area (Å²) in [5.74, 6) is -0.362. The number of hydrogen-bond acceptors (Lipinski definition) is 1. The van der Waals surface area contributed by atoms with Crippen LogP contribution in [0, 0.1) is 5.82 Å². The lowest BCUT2D eigenvalue weighted by atomic mass is 10.0. The highest BCUT2D eigenvalue weighted by Gasteiger charge is 2.23. The van der Waals surface area contributed by atoms with Gasteiger partial charge in [0.2, 0.25) is 0 Å². The number of aromatic amines is 1. The molecular formula is C18H16FN3O. The Hall–Kier alpha value is -2.82. The molecule has 4 nitrogen and oxygen atoms in total. The minimum atomic E-state index is -0.362. The Labute approximate surface area is 132 Å². The minimum Gasteiger partial charge on any atom is -0.357 e. The van der Waals surface area contributed by atoms with Crippen LogP contribution >= 0.6 is 0 Å². The highest BCUT2D eigenvalue weighted by Crippen LogP contribution is 2.27. The molecule has 2 N–H and O–H groups in total. The van der Waals surface area contributed by atoms with Crippen LogP contribution in [0.1, 0.15) is 11.3 Å². The summed E-state index contributed by atoms with van der Waals surface area (Å²) in [5.41, 5.74) is 3.93. The molecule has 0 atom stereocenters. The van der Waals surface area contributed by atoms with Gasteiger partial charge in [-0.2, -0.15) is 0 Å². The Morgan fingerprint density at radius 2 is 2.04 bits per heavy atom. The number of aromatic nitrogens is 1. The van der Waals surface area contributed by atoms with Crippen molar-refractivity contribution in [2.24, 2.45) is 0 Å². The molecule has 1 aliphatic rings. The standard InChI is InChI=1S/C18H16FN3O/c19-12-4-3-5-13(10-12)20-18(23)22-9-8-15-14-6-1-2-7-16(14)21-17(15)11-22/h1-7,10,21H,8-9,11H2,(H,20,23). The van der Waals surface area contributed by atoms with Crippen molar-refractivity contribution in [3.8, 4) is 0 Å². The Balaban J connectivity index is 1.54. The van der Waals surface area contributed by atoms with Gasteiger partial charge in [0.25, 0.3) is 0 Å². The lowest BCUT2D eigenvalue weighted by Crippen LogP contribution is -2.38. The molecule has 0 bridgehead atoms. The van der Waals surface area contributed by atoms with Gasteiger partial charge in [-0.3, -0.25) is 0 Å². The number of nitrogens with one attached hydrogen (secondary N) is 2. The second-order valence-electron chi connectivity index (χ2n) is 5.74. The predicted molar refractivity (Wildman–Crippen MR) is 87.8 cm³/mol. The van der Waals surface area contributed by atoms with Crippen LogP contribution in [-0.4, -0.2) is 22.5 Å². The van der Waals surface area contributed by atoms with Crippen molar-refractivity contribution in [1.82, 2.24) is 9.88 Å². The number of H-pyrrole nitrogens is 1. The number of carbonyl (C=O) groups is 1. The van der Waals surface area contributed by atoms with Gasteiger partial charge < -0.3 is 15.2 Å². The van der Waals surface area contributed by atoms with Crippen molar-refractivity contribution in [2.45, 2.75) is 13.0 Å². The second kappa shape index (κ2) is 5.43. The normalized spacial score (nSPS) is 13.9. The molecule has 2 heterocycles. The molecule has 5 heteroatoms. The lowest BCUT2D eigenvalue weighted by Gasteiger charge is -2.27. The van der Waals surface area contributed by atoms with Crippen molar-refractivity contribution >= 4 is 22.6 Å². The predicted octanol–water partition coefficient (Wildman–Crippen LogP) is 3.90. The second-order valence-corrected chi connectivity index (χ2v) is 5.74. The van der Waals surface area contributed by atoms with Gasteiger partial charge in [-0.25, -0.2) is 9.18 Å². The van der Waals surface area contributed by atoms with Gasteiger partial charge in [-0.1, -0.05) is 24.3 Å². The van der Waals surface area contributed by atoms with E-state index in [4.69, 9.17) is 0 Å². The van der Waals surface area contributed by atoms with Crippen LogP contribution in [0.4, 0.5) is 14.9 Å². The van der Waals surface area contributed by atoms with Crippen LogP contribution in [0.5, 0.6) is 0 Å². The monoisotopic (exact) mass is 309 g/mol. The largest absolute Gasteiger partial charge is 0.357 e. The molecule has 2 amide bonds. The van der Waals surface area contributed by atoms with Crippen molar-refractivity contribution in [3.05, 3.63) is 65.6 Å². The average molecular weight is 309 g/mol. The highest BCUT2D eigenvalue weighted by atomic mass is 19.1. The molecule has 0 aliphatic carbocycles. The summed E-state index contributed by atoms with van der Waals surface area (Å²) in [6, 6.07) is 13.9. The van der Waals surface area contributed by atoms with Crippen LogP contribution in [0.3, 0.4) is 0 Å². The number of nitrogens with zero attached hydrogens (tertiary/aromatic N) is 1. The summed E-state index contributed by atoms with van der Waals surface area (Å²) < 4.78 is 13.2. The number of carbonyl (C=O) groups excluding carboxylic acids is 1. The Kier molecular flexibility index (Phi) is 3.26. The van der Waals surface area contributed by atoms with Gasteiger partial charge in [0, 0.05) is 28.8 Å². The van der Waals surface area contributed by atoms with E-state index in [-0.39, 0.29) is 11.8 Å². The zero-order valence-electron chi connectivity index (χ0n) is 12.5. The summed E-state index contributed by atoms with van der Waals surface area (Å²) in [6.07, 6.45) is 0.815. The Morgan fingerprint density at radius 1 is 1.17 bits per heavy atom. The van der Waals surface area contributed by atoms with E-state index in [1.165, 1.54) is 23.1 Å². The van der Waals surface area contributed by atoms with Gasteiger partial charge in [-0.15, -0.1) is 0 Å². The van der Waals surface area contributed by atoms with Gasteiger partial charge in [0.05, 0.1) is 6.54 Å². The number of fused-ring (bicyclic) bond motifs is 3. The molecule has 1 aliphatic heterocycles. The average Bonchev–Trinajstić information content (AvgIpc) is 2.92. The molecule has 0 unspecified atom stereocenters. The molecule has 2 aromatic carbocycles. The van der Waals surface area contributed by atoms with Crippen molar-refractivity contribution in [1.29, 1.82) is 0 Å². The van der Waals surface area contributed by atoms with E-state index in [0.717, 1.165) is 17.6 Å². The summed E-state index contributed by atoms with van der Waals surface area (Å²) in [4.78, 5) is 17.5. The Morgan fingerprint density at radius 3 is 2.91 bits per heavy atom. The quantitative estimate of drug-likeness (QED) is 0.704. The first-order valence-electron chi connectivity index (χ1n) is 7.60. The van der Waals surface area contributed by atoms with Gasteiger partial charge in [-0.05, 0) is 36.2 Å². The van der Waals surface area contributed by atoms with E-state index in [9.17, 15) is 9.18 Å². The van der Waals surface area contributed by atoms with Crippen LogP contribution in [0.25, 0.3) is 10.9 Å². The molecule has 3 aromatic rings. The van der Waals surface area contributed by atoms with E-state index in [1.54, 1.807) is 17.0 Å². The van der Waals surface area contributed by atoms with Crippen molar-refractivity contribution in [3.63, 3.8) is 0 Å². The summed E-state index contributed by atoms with van der Waals surface area (Å²) in [7, 11) is 0. The maximum atomic E-state index is 13.2. The van der Waals surface area contributed by atoms with Crippen LogP contribution in [0.2, 0.25) is 0 Å². The SMILES string of the molecule is O=C(Nc1cccc(F)c1)N1CCc2c([nH]c3ccccc23)C1. The first-order chi connectivity index (χ1) is 11.2. The first kappa shape index (κ1) is 13.8. The van der Waals surface area contributed by atoms with Crippen LogP contribution < -0.4 is 5.32 Å². The molecule has 116 valence electrons. The maximum Gasteiger partial charge on any atom is 0.322 e. The third-order valence-electron chi connectivity index (χ3n) is 4.25. The summed E-state index contributed by atoms with van der Waals surface area (Å²) >= 11 is 0. The number of halogens is 1. The summed E-state index contributed by atoms with van der Waals surface area (Å²) in [5, 5.41) is 3.98. The van der Waals surface area contributed by atoms with Gasteiger partial charge in [0.15, 0.2) is 0 Å². The zero-order chi connectivity index (χ0) is 15.8. The number of hydrogen-bond donors (Lipinski definition) is 2. The molecule has 0 spiro atoms. The number of rotatable bonds is 1. The summed E-state index contributed by atoms with van der Waals surface area (Å²) in [6.45, 7) is 1.18. The number of amides is 2. The van der Waals surface area contributed by atoms with E-state index in [1.807, 2.05) is 18.2 Å². The van der Waals surface area contributed by atoms with Gasteiger partial charge in [0.1, 0.15) is 5.82 Å². The Bertz CT molecular complexity index is 887. The maximum absolute atomic E-state index is 13.2. The van der Waals surface area contributed by atoms with E-state index in [2.05, 4.69) is 16.4 Å². The number of anilines is 1. The third-order valence-corrected chi connectivity index (χ3v) is 4.25.